The van der Waals surface area contributed by atoms with Crippen molar-refractivity contribution >= 4 is 5.91 Å². The summed E-state index contributed by atoms with van der Waals surface area (Å²) in [4.78, 5) is 15.3. The highest BCUT2D eigenvalue weighted by Crippen LogP contribution is 2.32. The van der Waals surface area contributed by atoms with E-state index in [4.69, 9.17) is 9.84 Å². The van der Waals surface area contributed by atoms with Gasteiger partial charge in [-0.2, -0.15) is 5.10 Å². The predicted octanol–water partition coefficient (Wildman–Crippen LogP) is 6.55. The van der Waals surface area contributed by atoms with Crippen molar-refractivity contribution < 1.29 is 13.9 Å². The third-order valence-corrected chi connectivity index (χ3v) is 5.90. The molecule has 4 rings (SSSR count). The maximum Gasteiger partial charge on any atom is 0.254 e. The van der Waals surface area contributed by atoms with Gasteiger partial charge >= 0.3 is 0 Å². The van der Waals surface area contributed by atoms with Crippen molar-refractivity contribution in [3.8, 4) is 17.3 Å². The summed E-state index contributed by atoms with van der Waals surface area (Å²) >= 11 is 0. The van der Waals surface area contributed by atoms with Gasteiger partial charge in [0, 0.05) is 11.6 Å². The first kappa shape index (κ1) is 23.2. The zero-order chi connectivity index (χ0) is 24.1. The van der Waals surface area contributed by atoms with Crippen molar-refractivity contribution in [1.82, 2.24) is 14.7 Å². The second-order valence-electron chi connectivity index (χ2n) is 8.23. The third kappa shape index (κ3) is 5.01. The van der Waals surface area contributed by atoms with Gasteiger partial charge in [-0.05, 0) is 68.8 Å². The SMILES string of the molecule is CC[C@@H](C)N(Cc1c(C)nn(-c2ccccc2)c1Oc1ccccc1)C(=O)c1ccc(F)cc1. The van der Waals surface area contributed by atoms with Crippen molar-refractivity contribution in [3.63, 3.8) is 0 Å². The molecule has 0 N–H and O–H groups in total. The summed E-state index contributed by atoms with van der Waals surface area (Å²) in [6.07, 6.45) is 0.772. The lowest BCUT2D eigenvalue weighted by atomic mass is 10.1. The highest BCUT2D eigenvalue weighted by atomic mass is 19.1. The van der Waals surface area contributed by atoms with Gasteiger partial charge in [0.1, 0.15) is 11.6 Å². The summed E-state index contributed by atoms with van der Waals surface area (Å²) in [5, 5.41) is 4.76. The Bertz CT molecular complexity index is 1240. The number of hydrogen-bond donors (Lipinski definition) is 0. The van der Waals surface area contributed by atoms with Gasteiger partial charge in [0.2, 0.25) is 5.88 Å². The van der Waals surface area contributed by atoms with Crippen molar-refractivity contribution in [2.24, 2.45) is 0 Å². The molecule has 0 bridgehead atoms. The molecule has 0 spiro atoms. The average Bonchev–Trinajstić information content (AvgIpc) is 3.17. The number of rotatable bonds is 8. The van der Waals surface area contributed by atoms with Crippen LogP contribution in [0.25, 0.3) is 5.69 Å². The highest BCUT2D eigenvalue weighted by molar-refractivity contribution is 5.94. The number of halogens is 1. The van der Waals surface area contributed by atoms with Gasteiger partial charge in [-0.25, -0.2) is 9.07 Å². The van der Waals surface area contributed by atoms with E-state index in [0.717, 1.165) is 23.4 Å². The number of benzene rings is 3. The molecule has 0 fully saturated rings. The van der Waals surface area contributed by atoms with Gasteiger partial charge in [0.05, 0.1) is 23.5 Å². The van der Waals surface area contributed by atoms with Crippen molar-refractivity contribution in [2.45, 2.75) is 39.8 Å². The number of amides is 1. The Morgan fingerprint density at radius 1 is 1.00 bits per heavy atom. The molecule has 1 amide bonds. The normalized spacial score (nSPS) is 11.8. The first-order chi connectivity index (χ1) is 16.5. The van der Waals surface area contributed by atoms with Crippen molar-refractivity contribution in [2.75, 3.05) is 0 Å². The van der Waals surface area contributed by atoms with E-state index in [-0.39, 0.29) is 17.8 Å². The third-order valence-electron chi connectivity index (χ3n) is 5.90. The Balaban J connectivity index is 1.77. The summed E-state index contributed by atoms with van der Waals surface area (Å²) in [6, 6.07) is 24.9. The number of nitrogens with zero attached hydrogens (tertiary/aromatic N) is 3. The minimum atomic E-state index is -0.370. The van der Waals surface area contributed by atoms with Crippen molar-refractivity contribution in [1.29, 1.82) is 0 Å². The van der Waals surface area contributed by atoms with E-state index >= 15 is 0 Å². The number of aromatic nitrogens is 2. The highest BCUT2D eigenvalue weighted by Gasteiger charge is 2.26. The Hall–Kier alpha value is -3.93. The molecule has 0 aliphatic carbocycles. The largest absolute Gasteiger partial charge is 0.439 e. The number of aryl methyl sites for hydroxylation is 1. The first-order valence-corrected chi connectivity index (χ1v) is 11.4. The molecule has 5 nitrogen and oxygen atoms in total. The Labute approximate surface area is 199 Å². The average molecular weight is 458 g/mol. The molecule has 0 unspecified atom stereocenters. The molecule has 174 valence electrons. The summed E-state index contributed by atoms with van der Waals surface area (Å²) in [7, 11) is 0. The maximum atomic E-state index is 13.5. The predicted molar refractivity (Wildman–Crippen MR) is 131 cm³/mol. The zero-order valence-electron chi connectivity index (χ0n) is 19.6. The van der Waals surface area contributed by atoms with Crippen LogP contribution in [0, 0.1) is 12.7 Å². The molecule has 1 atom stereocenters. The quantitative estimate of drug-likeness (QED) is 0.301. The molecule has 34 heavy (non-hydrogen) atoms. The van der Waals surface area contributed by atoms with E-state index in [1.54, 1.807) is 9.58 Å². The summed E-state index contributed by atoms with van der Waals surface area (Å²) < 4.78 is 21.6. The lowest BCUT2D eigenvalue weighted by Gasteiger charge is -2.29. The van der Waals surface area contributed by atoms with Crippen LogP contribution < -0.4 is 4.74 Å². The molecule has 1 aromatic heterocycles. The number of carbonyl (C=O) groups is 1. The molecule has 0 aliphatic rings. The van der Waals surface area contributed by atoms with Crippen LogP contribution in [0.4, 0.5) is 4.39 Å². The number of carbonyl (C=O) groups excluding carboxylic acids is 1. The Morgan fingerprint density at radius 2 is 1.62 bits per heavy atom. The van der Waals surface area contributed by atoms with Crippen LogP contribution in [-0.2, 0) is 6.54 Å². The summed E-state index contributed by atoms with van der Waals surface area (Å²) in [6.45, 7) is 6.28. The van der Waals surface area contributed by atoms with Gasteiger partial charge < -0.3 is 9.64 Å². The molecule has 0 radical (unpaired) electrons. The van der Waals surface area contributed by atoms with Crippen LogP contribution in [0.1, 0.15) is 41.9 Å². The van der Waals surface area contributed by atoms with E-state index in [0.29, 0.717) is 23.7 Å². The standard InChI is InChI=1S/C28H28FN3O2/c1-4-20(2)31(27(33)22-15-17-23(29)18-16-22)19-26-21(3)30-32(24-11-7-5-8-12-24)28(26)34-25-13-9-6-10-14-25/h5-18,20H,4,19H2,1-3H3/t20-/m1/s1. The molecule has 0 saturated heterocycles. The monoisotopic (exact) mass is 457 g/mol. The fraction of sp³-hybridized carbons (Fsp3) is 0.214. The van der Waals surface area contributed by atoms with Crippen LogP contribution in [0.2, 0.25) is 0 Å². The first-order valence-electron chi connectivity index (χ1n) is 11.4. The number of hydrogen-bond acceptors (Lipinski definition) is 3. The summed E-state index contributed by atoms with van der Waals surface area (Å²) in [5.41, 5.74) is 2.90. The van der Waals surface area contributed by atoms with E-state index in [1.165, 1.54) is 24.3 Å². The van der Waals surface area contributed by atoms with Crippen LogP contribution in [0.5, 0.6) is 11.6 Å². The molecule has 6 heteroatoms. The van der Waals surface area contributed by atoms with Crippen LogP contribution >= 0.6 is 0 Å². The summed E-state index contributed by atoms with van der Waals surface area (Å²) in [5.74, 6) is 0.716. The minimum Gasteiger partial charge on any atom is -0.439 e. The molecule has 1 heterocycles. The lowest BCUT2D eigenvalue weighted by Crippen LogP contribution is -2.38. The fourth-order valence-electron chi connectivity index (χ4n) is 3.75. The molecule has 0 saturated carbocycles. The molecular formula is C28H28FN3O2. The second kappa shape index (κ2) is 10.3. The molecule has 0 aliphatic heterocycles. The second-order valence-corrected chi connectivity index (χ2v) is 8.23. The van der Waals surface area contributed by atoms with E-state index < -0.39 is 0 Å². The lowest BCUT2D eigenvalue weighted by molar-refractivity contribution is 0.0670. The van der Waals surface area contributed by atoms with Gasteiger partial charge in [-0.3, -0.25) is 4.79 Å². The van der Waals surface area contributed by atoms with E-state index in [9.17, 15) is 9.18 Å². The number of ether oxygens (including phenoxy) is 1. The minimum absolute atomic E-state index is 0.0402. The van der Waals surface area contributed by atoms with Crippen LogP contribution in [-0.4, -0.2) is 26.6 Å². The molecule has 3 aromatic carbocycles. The number of para-hydroxylation sites is 2. The van der Waals surface area contributed by atoms with Gasteiger partial charge in [-0.1, -0.05) is 43.3 Å². The zero-order valence-corrected chi connectivity index (χ0v) is 19.6. The fourth-order valence-corrected chi connectivity index (χ4v) is 3.75. The van der Waals surface area contributed by atoms with Crippen LogP contribution in [0.15, 0.2) is 84.9 Å². The molecular weight excluding hydrogens is 429 g/mol. The maximum absolute atomic E-state index is 13.5. The van der Waals surface area contributed by atoms with Crippen molar-refractivity contribution in [3.05, 3.63) is 108 Å². The Morgan fingerprint density at radius 3 is 2.24 bits per heavy atom. The van der Waals surface area contributed by atoms with Gasteiger partial charge in [0.15, 0.2) is 0 Å². The topological polar surface area (TPSA) is 47.4 Å². The molecule has 4 aromatic rings. The van der Waals surface area contributed by atoms with E-state index in [2.05, 4.69) is 0 Å². The Kier molecular flexibility index (Phi) is 7.07. The van der Waals surface area contributed by atoms with Gasteiger partial charge in [-0.15, -0.1) is 0 Å². The smallest absolute Gasteiger partial charge is 0.254 e. The van der Waals surface area contributed by atoms with Gasteiger partial charge in [0.25, 0.3) is 5.91 Å². The van der Waals surface area contributed by atoms with Crippen LogP contribution in [0.3, 0.4) is 0 Å². The van der Waals surface area contributed by atoms with E-state index in [1.807, 2.05) is 81.4 Å².